The van der Waals surface area contributed by atoms with Crippen LogP contribution in [0.1, 0.15) is 21.9 Å². The van der Waals surface area contributed by atoms with E-state index in [0.29, 0.717) is 5.82 Å². The minimum absolute atomic E-state index is 0.0210. The van der Waals surface area contributed by atoms with Gasteiger partial charge in [-0.05, 0) is 11.6 Å². The van der Waals surface area contributed by atoms with Crippen molar-refractivity contribution in [1.82, 2.24) is 9.97 Å². The summed E-state index contributed by atoms with van der Waals surface area (Å²) in [4.78, 5) is 17.2. The van der Waals surface area contributed by atoms with E-state index in [0.717, 1.165) is 5.56 Å². The van der Waals surface area contributed by atoms with Crippen molar-refractivity contribution in [3.8, 4) is 0 Å². The summed E-state index contributed by atoms with van der Waals surface area (Å²) in [5, 5.41) is 8.68. The Morgan fingerprint density at radius 1 is 1.25 bits per heavy atom. The number of imidazole rings is 1. The fourth-order valence-electron chi connectivity index (χ4n) is 1.27. The van der Waals surface area contributed by atoms with Crippen LogP contribution in [0.25, 0.3) is 12.2 Å². The van der Waals surface area contributed by atoms with Gasteiger partial charge in [-0.2, -0.15) is 0 Å². The van der Waals surface area contributed by atoms with Crippen LogP contribution in [-0.4, -0.2) is 21.0 Å². The quantitative estimate of drug-likeness (QED) is 0.823. The SMILES string of the molecule is O=C(O)c1c[nH]c(C=Cc2ccccc2)n1. The molecule has 0 atom stereocenters. The molecule has 0 radical (unpaired) electrons. The van der Waals surface area contributed by atoms with Gasteiger partial charge in [0.15, 0.2) is 5.69 Å². The third kappa shape index (κ3) is 2.36. The third-order valence-corrected chi connectivity index (χ3v) is 2.05. The molecule has 0 fully saturated rings. The molecule has 0 amide bonds. The van der Waals surface area contributed by atoms with Crippen LogP contribution in [-0.2, 0) is 0 Å². The van der Waals surface area contributed by atoms with Gasteiger partial charge in [0.25, 0.3) is 0 Å². The highest BCUT2D eigenvalue weighted by atomic mass is 16.4. The van der Waals surface area contributed by atoms with E-state index in [-0.39, 0.29) is 5.69 Å². The van der Waals surface area contributed by atoms with Gasteiger partial charge in [-0.3, -0.25) is 0 Å². The van der Waals surface area contributed by atoms with Gasteiger partial charge in [0, 0.05) is 6.20 Å². The molecule has 4 nitrogen and oxygen atoms in total. The first kappa shape index (κ1) is 10.2. The number of carbonyl (C=O) groups is 1. The molecular weight excluding hydrogens is 204 g/mol. The Morgan fingerprint density at radius 3 is 2.62 bits per heavy atom. The first-order valence-electron chi connectivity index (χ1n) is 4.77. The molecule has 2 aromatic rings. The minimum atomic E-state index is -1.03. The molecule has 0 aliphatic carbocycles. The lowest BCUT2D eigenvalue weighted by Crippen LogP contribution is -1.95. The van der Waals surface area contributed by atoms with Crippen LogP contribution in [0.5, 0.6) is 0 Å². The number of benzene rings is 1. The van der Waals surface area contributed by atoms with Crippen LogP contribution >= 0.6 is 0 Å². The average Bonchev–Trinajstić information content (AvgIpc) is 2.76. The molecule has 2 N–H and O–H groups in total. The fourth-order valence-corrected chi connectivity index (χ4v) is 1.27. The van der Waals surface area contributed by atoms with Gasteiger partial charge in [-0.1, -0.05) is 36.4 Å². The topological polar surface area (TPSA) is 66.0 Å². The Hall–Kier alpha value is -2.36. The summed E-state index contributed by atoms with van der Waals surface area (Å²) in [6.45, 7) is 0. The first-order chi connectivity index (χ1) is 7.75. The highest BCUT2D eigenvalue weighted by Crippen LogP contribution is 2.05. The Bertz CT molecular complexity index is 515. The Kier molecular flexibility index (Phi) is 2.82. The number of aromatic carboxylic acids is 1. The number of aromatic amines is 1. The standard InChI is InChI=1S/C12H10N2O2/c15-12(16)10-8-13-11(14-10)7-6-9-4-2-1-3-5-9/h1-8H,(H,13,14)(H,15,16). The summed E-state index contributed by atoms with van der Waals surface area (Å²) < 4.78 is 0. The smallest absolute Gasteiger partial charge is 0.356 e. The van der Waals surface area contributed by atoms with Crippen molar-refractivity contribution < 1.29 is 9.90 Å². The molecule has 0 spiro atoms. The van der Waals surface area contributed by atoms with E-state index in [2.05, 4.69) is 9.97 Å². The summed E-state index contributed by atoms with van der Waals surface area (Å²) in [5.41, 5.74) is 1.06. The molecular formula is C12H10N2O2. The number of nitrogens with zero attached hydrogens (tertiary/aromatic N) is 1. The number of hydrogen-bond acceptors (Lipinski definition) is 2. The summed E-state index contributed by atoms with van der Waals surface area (Å²) in [6, 6.07) is 9.72. The van der Waals surface area contributed by atoms with Crippen molar-refractivity contribution in [1.29, 1.82) is 0 Å². The van der Waals surface area contributed by atoms with Crippen LogP contribution in [0.4, 0.5) is 0 Å². The largest absolute Gasteiger partial charge is 0.476 e. The van der Waals surface area contributed by atoms with E-state index in [4.69, 9.17) is 5.11 Å². The monoisotopic (exact) mass is 214 g/mol. The number of carboxylic acids is 1. The molecule has 2 rings (SSSR count). The third-order valence-electron chi connectivity index (χ3n) is 2.05. The van der Waals surface area contributed by atoms with Crippen molar-refractivity contribution >= 4 is 18.1 Å². The van der Waals surface area contributed by atoms with Crippen LogP contribution in [0, 0.1) is 0 Å². The highest BCUT2D eigenvalue weighted by molar-refractivity contribution is 5.85. The molecule has 16 heavy (non-hydrogen) atoms. The molecule has 0 bridgehead atoms. The number of H-pyrrole nitrogens is 1. The molecule has 1 aromatic heterocycles. The first-order valence-corrected chi connectivity index (χ1v) is 4.77. The molecule has 0 aliphatic heterocycles. The minimum Gasteiger partial charge on any atom is -0.476 e. The van der Waals surface area contributed by atoms with Gasteiger partial charge in [0.2, 0.25) is 0 Å². The number of nitrogens with one attached hydrogen (secondary N) is 1. The number of aromatic nitrogens is 2. The Balaban J connectivity index is 2.15. The Labute approximate surface area is 92.3 Å². The van der Waals surface area contributed by atoms with Gasteiger partial charge in [0.1, 0.15) is 5.82 Å². The molecule has 1 aromatic carbocycles. The van der Waals surface area contributed by atoms with Crippen molar-refractivity contribution in [2.24, 2.45) is 0 Å². The highest BCUT2D eigenvalue weighted by Gasteiger charge is 2.05. The predicted octanol–water partition coefficient (Wildman–Crippen LogP) is 2.28. The van der Waals surface area contributed by atoms with Crippen molar-refractivity contribution in [2.75, 3.05) is 0 Å². The van der Waals surface area contributed by atoms with Gasteiger partial charge < -0.3 is 10.1 Å². The second kappa shape index (κ2) is 4.44. The van der Waals surface area contributed by atoms with Gasteiger partial charge >= 0.3 is 5.97 Å². The van der Waals surface area contributed by atoms with E-state index in [1.807, 2.05) is 36.4 Å². The summed E-state index contributed by atoms with van der Waals surface area (Å²) >= 11 is 0. The lowest BCUT2D eigenvalue weighted by molar-refractivity contribution is 0.0691. The van der Waals surface area contributed by atoms with Crippen molar-refractivity contribution in [3.63, 3.8) is 0 Å². The lowest BCUT2D eigenvalue weighted by atomic mass is 10.2. The van der Waals surface area contributed by atoms with Gasteiger partial charge in [-0.15, -0.1) is 0 Å². The normalized spacial score (nSPS) is 10.8. The van der Waals surface area contributed by atoms with Crippen LogP contribution in [0.2, 0.25) is 0 Å². The van der Waals surface area contributed by atoms with E-state index in [9.17, 15) is 4.79 Å². The maximum atomic E-state index is 10.6. The molecule has 0 saturated heterocycles. The molecule has 4 heteroatoms. The Morgan fingerprint density at radius 2 is 2.00 bits per heavy atom. The number of carboxylic acid groups (broad SMARTS) is 1. The van der Waals surface area contributed by atoms with E-state index < -0.39 is 5.97 Å². The molecule has 0 unspecified atom stereocenters. The zero-order valence-corrected chi connectivity index (χ0v) is 8.42. The molecule has 0 aliphatic rings. The van der Waals surface area contributed by atoms with Crippen molar-refractivity contribution in [2.45, 2.75) is 0 Å². The summed E-state index contributed by atoms with van der Waals surface area (Å²) in [7, 11) is 0. The maximum absolute atomic E-state index is 10.6. The fraction of sp³-hybridized carbons (Fsp3) is 0. The van der Waals surface area contributed by atoms with Gasteiger partial charge in [-0.25, -0.2) is 9.78 Å². The van der Waals surface area contributed by atoms with Crippen LogP contribution < -0.4 is 0 Å². The number of rotatable bonds is 3. The van der Waals surface area contributed by atoms with Crippen LogP contribution in [0.15, 0.2) is 36.5 Å². The molecule has 0 saturated carbocycles. The van der Waals surface area contributed by atoms with E-state index in [1.165, 1.54) is 6.20 Å². The maximum Gasteiger partial charge on any atom is 0.356 e. The summed E-state index contributed by atoms with van der Waals surface area (Å²) in [5.74, 6) is -0.503. The van der Waals surface area contributed by atoms with Gasteiger partial charge in [0.05, 0.1) is 0 Å². The van der Waals surface area contributed by atoms with E-state index in [1.54, 1.807) is 6.08 Å². The zero-order valence-electron chi connectivity index (χ0n) is 8.42. The molecule has 80 valence electrons. The number of hydrogen-bond donors (Lipinski definition) is 2. The second-order valence-electron chi connectivity index (χ2n) is 3.22. The van der Waals surface area contributed by atoms with E-state index >= 15 is 0 Å². The zero-order chi connectivity index (χ0) is 11.4. The van der Waals surface area contributed by atoms with Crippen LogP contribution in [0.3, 0.4) is 0 Å². The lowest BCUT2D eigenvalue weighted by Gasteiger charge is -1.89. The molecule has 1 heterocycles. The summed E-state index contributed by atoms with van der Waals surface area (Å²) in [6.07, 6.45) is 4.97. The average molecular weight is 214 g/mol. The van der Waals surface area contributed by atoms with Crippen molar-refractivity contribution in [3.05, 3.63) is 53.6 Å². The second-order valence-corrected chi connectivity index (χ2v) is 3.22. The predicted molar refractivity (Wildman–Crippen MR) is 60.9 cm³/mol.